The van der Waals surface area contributed by atoms with Gasteiger partial charge in [0.15, 0.2) is 0 Å². The van der Waals surface area contributed by atoms with Gasteiger partial charge >= 0.3 is 0 Å². The largest absolute Gasteiger partial charge is 0.378 e. The van der Waals surface area contributed by atoms with Crippen LogP contribution in [-0.4, -0.2) is 91.2 Å². The van der Waals surface area contributed by atoms with Gasteiger partial charge in [-0.15, -0.1) is 0 Å². The highest BCUT2D eigenvalue weighted by Gasteiger charge is 2.47. The molecule has 0 aliphatic carbocycles. The molecule has 3 fully saturated rings. The third kappa shape index (κ3) is 5.69. The van der Waals surface area contributed by atoms with E-state index in [2.05, 4.69) is 54.6 Å². The molecule has 9 heteroatoms. The van der Waals surface area contributed by atoms with Crippen LogP contribution in [0.1, 0.15) is 60.3 Å². The molecule has 0 bridgehead atoms. The first-order valence-corrected chi connectivity index (χ1v) is 12.8. The van der Waals surface area contributed by atoms with Gasteiger partial charge < -0.3 is 29.5 Å². The summed E-state index contributed by atoms with van der Waals surface area (Å²) >= 11 is 0. The van der Waals surface area contributed by atoms with Crippen LogP contribution in [0, 0.1) is 0 Å². The van der Waals surface area contributed by atoms with E-state index in [9.17, 15) is 0 Å². The summed E-state index contributed by atoms with van der Waals surface area (Å²) in [6.45, 7) is 18.7. The van der Waals surface area contributed by atoms with Crippen LogP contribution in [0.2, 0.25) is 0 Å². The van der Waals surface area contributed by atoms with Gasteiger partial charge in [-0.05, 0) is 53.5 Å². The molecule has 1 aromatic rings. The number of piperidine rings is 1. The first kappa shape index (κ1) is 24.4. The van der Waals surface area contributed by atoms with Crippen molar-refractivity contribution >= 4 is 17.8 Å². The van der Waals surface area contributed by atoms with Gasteiger partial charge in [0.25, 0.3) is 0 Å². The fraction of sp³-hybridized carbons (Fsp3) is 0.875. The highest BCUT2D eigenvalue weighted by molar-refractivity contribution is 5.50. The lowest BCUT2D eigenvalue weighted by atomic mass is 9.77. The van der Waals surface area contributed by atoms with E-state index in [-0.39, 0.29) is 11.1 Å². The van der Waals surface area contributed by atoms with E-state index in [0.717, 1.165) is 63.4 Å². The molecule has 186 valence electrons. The second kappa shape index (κ2) is 10.3. The second-order valence-corrected chi connectivity index (χ2v) is 10.8. The predicted octanol–water partition coefficient (Wildman–Crippen LogP) is 2.46. The number of nitrogens with one attached hydrogen (secondary N) is 1. The Morgan fingerprint density at radius 2 is 1.24 bits per heavy atom. The van der Waals surface area contributed by atoms with Crippen molar-refractivity contribution in [2.45, 2.75) is 77.4 Å². The third-order valence-corrected chi connectivity index (χ3v) is 7.05. The SMILES string of the molecule is CCCCNC1CC(C)(C)N(c2nc(N3CCOCC3)nc(N3CCOCC3)n2)C(C)(C)C1. The number of hydrogen-bond acceptors (Lipinski definition) is 9. The molecule has 3 aliphatic heterocycles. The molecular weight excluding hydrogens is 418 g/mol. The van der Waals surface area contributed by atoms with Crippen LogP contribution in [0.5, 0.6) is 0 Å². The molecule has 3 aliphatic rings. The molecule has 1 aromatic heterocycles. The van der Waals surface area contributed by atoms with E-state index in [1.807, 2.05) is 0 Å². The fourth-order valence-electron chi connectivity index (χ4n) is 5.70. The first-order valence-electron chi connectivity index (χ1n) is 12.8. The molecule has 33 heavy (non-hydrogen) atoms. The first-order chi connectivity index (χ1) is 15.8. The van der Waals surface area contributed by atoms with Gasteiger partial charge in [0.2, 0.25) is 17.8 Å². The lowest BCUT2D eigenvalue weighted by molar-refractivity contribution is 0.121. The van der Waals surface area contributed by atoms with E-state index in [0.29, 0.717) is 32.5 Å². The fourth-order valence-corrected chi connectivity index (χ4v) is 5.70. The van der Waals surface area contributed by atoms with E-state index < -0.39 is 0 Å². The zero-order chi connectivity index (χ0) is 23.5. The van der Waals surface area contributed by atoms with Crippen LogP contribution < -0.4 is 20.0 Å². The summed E-state index contributed by atoms with van der Waals surface area (Å²) in [5, 5.41) is 3.81. The molecule has 0 spiro atoms. The average Bonchev–Trinajstić information content (AvgIpc) is 2.78. The summed E-state index contributed by atoms with van der Waals surface area (Å²) in [6.07, 6.45) is 4.57. The number of anilines is 3. The number of hydrogen-bond donors (Lipinski definition) is 1. The van der Waals surface area contributed by atoms with E-state index in [1.165, 1.54) is 12.8 Å². The Morgan fingerprint density at radius 1 is 0.788 bits per heavy atom. The van der Waals surface area contributed by atoms with Crippen molar-refractivity contribution in [2.24, 2.45) is 0 Å². The molecular formula is C24H43N7O2. The average molecular weight is 462 g/mol. The maximum Gasteiger partial charge on any atom is 0.232 e. The predicted molar refractivity (Wildman–Crippen MR) is 132 cm³/mol. The van der Waals surface area contributed by atoms with Gasteiger partial charge in [0.05, 0.1) is 26.4 Å². The smallest absolute Gasteiger partial charge is 0.232 e. The number of ether oxygens (including phenoxy) is 2. The number of nitrogens with zero attached hydrogens (tertiary/aromatic N) is 6. The summed E-state index contributed by atoms with van der Waals surface area (Å²) in [7, 11) is 0. The second-order valence-electron chi connectivity index (χ2n) is 10.8. The number of rotatable bonds is 7. The van der Waals surface area contributed by atoms with Crippen molar-refractivity contribution in [2.75, 3.05) is 73.9 Å². The Labute approximate surface area is 199 Å². The van der Waals surface area contributed by atoms with E-state index in [1.54, 1.807) is 0 Å². The third-order valence-electron chi connectivity index (χ3n) is 7.05. The topological polar surface area (TPSA) is 78.9 Å². The monoisotopic (exact) mass is 461 g/mol. The normalized spacial score (nSPS) is 23.7. The quantitative estimate of drug-likeness (QED) is 0.616. The number of morpholine rings is 2. The van der Waals surface area contributed by atoms with Crippen LogP contribution >= 0.6 is 0 Å². The molecule has 0 atom stereocenters. The molecule has 4 rings (SSSR count). The highest BCUT2D eigenvalue weighted by atomic mass is 16.5. The van der Waals surface area contributed by atoms with Gasteiger partial charge in [-0.2, -0.15) is 15.0 Å². The maximum absolute atomic E-state index is 5.58. The number of aromatic nitrogens is 3. The lowest BCUT2D eigenvalue weighted by Gasteiger charge is -2.55. The van der Waals surface area contributed by atoms with Crippen LogP contribution in [0.15, 0.2) is 0 Å². The van der Waals surface area contributed by atoms with Crippen molar-refractivity contribution in [1.82, 2.24) is 20.3 Å². The van der Waals surface area contributed by atoms with Crippen LogP contribution in [-0.2, 0) is 9.47 Å². The Morgan fingerprint density at radius 3 is 1.70 bits per heavy atom. The Balaban J connectivity index is 1.66. The molecule has 0 amide bonds. The molecule has 9 nitrogen and oxygen atoms in total. The van der Waals surface area contributed by atoms with Crippen molar-refractivity contribution < 1.29 is 9.47 Å². The van der Waals surface area contributed by atoms with Gasteiger partial charge in [-0.1, -0.05) is 13.3 Å². The molecule has 3 saturated heterocycles. The van der Waals surface area contributed by atoms with Crippen molar-refractivity contribution in [1.29, 1.82) is 0 Å². The van der Waals surface area contributed by atoms with E-state index >= 15 is 0 Å². The van der Waals surface area contributed by atoms with Gasteiger partial charge in [-0.3, -0.25) is 0 Å². The van der Waals surface area contributed by atoms with Crippen molar-refractivity contribution in [3.63, 3.8) is 0 Å². The molecule has 4 heterocycles. The van der Waals surface area contributed by atoms with Gasteiger partial charge in [0, 0.05) is 43.3 Å². The molecule has 0 unspecified atom stereocenters. The standard InChI is InChI=1S/C24H43N7O2/c1-6-7-8-25-19-17-23(2,3)31(24(4,5)18-19)22-27-20(29-9-13-32-14-10-29)26-21(28-22)30-11-15-33-16-12-30/h19,25H,6-18H2,1-5H3. The summed E-state index contributed by atoms with van der Waals surface area (Å²) in [6, 6.07) is 0.497. The van der Waals surface area contributed by atoms with Crippen molar-refractivity contribution in [3.8, 4) is 0 Å². The molecule has 1 N–H and O–H groups in total. The van der Waals surface area contributed by atoms with Crippen LogP contribution in [0.3, 0.4) is 0 Å². The summed E-state index contributed by atoms with van der Waals surface area (Å²) in [5.41, 5.74) is -0.172. The van der Waals surface area contributed by atoms with Crippen LogP contribution in [0.4, 0.5) is 17.8 Å². The highest BCUT2D eigenvalue weighted by Crippen LogP contribution is 2.41. The minimum Gasteiger partial charge on any atom is -0.378 e. The Hall–Kier alpha value is -1.71. The number of unbranched alkanes of at least 4 members (excludes halogenated alkanes) is 1. The zero-order valence-electron chi connectivity index (χ0n) is 21.3. The minimum atomic E-state index is -0.0858. The Kier molecular flexibility index (Phi) is 7.60. The van der Waals surface area contributed by atoms with Crippen molar-refractivity contribution in [3.05, 3.63) is 0 Å². The maximum atomic E-state index is 5.58. The summed E-state index contributed by atoms with van der Waals surface area (Å²) < 4.78 is 11.2. The lowest BCUT2D eigenvalue weighted by Crippen LogP contribution is -2.65. The summed E-state index contributed by atoms with van der Waals surface area (Å²) in [5.74, 6) is 2.31. The zero-order valence-corrected chi connectivity index (χ0v) is 21.3. The van der Waals surface area contributed by atoms with E-state index in [4.69, 9.17) is 24.4 Å². The summed E-state index contributed by atoms with van der Waals surface area (Å²) in [4.78, 5) is 22.0. The Bertz CT molecular complexity index is 722. The van der Waals surface area contributed by atoms with Gasteiger partial charge in [0.1, 0.15) is 0 Å². The van der Waals surface area contributed by atoms with Crippen LogP contribution in [0.25, 0.3) is 0 Å². The molecule has 0 saturated carbocycles. The molecule has 0 aromatic carbocycles. The van der Waals surface area contributed by atoms with Gasteiger partial charge in [-0.25, -0.2) is 0 Å². The minimum absolute atomic E-state index is 0.0858. The molecule has 0 radical (unpaired) electrons.